The molecule has 4 nitrogen and oxygen atoms in total. The molecule has 1 aliphatic carbocycles. The summed E-state index contributed by atoms with van der Waals surface area (Å²) in [5.74, 6) is 0.477. The SMILES string of the molecule is CC(C)(C)OC(=O)N1C[C@@H]2CC[C@H]1CC2C#N. The zero-order valence-electron chi connectivity index (χ0n) is 10.8. The highest BCUT2D eigenvalue weighted by atomic mass is 16.6. The molecule has 0 aromatic heterocycles. The summed E-state index contributed by atoms with van der Waals surface area (Å²) in [6, 6.07) is 2.57. The number of hydrogen-bond donors (Lipinski definition) is 0. The van der Waals surface area contributed by atoms with Gasteiger partial charge in [0.15, 0.2) is 0 Å². The van der Waals surface area contributed by atoms with Gasteiger partial charge >= 0.3 is 6.09 Å². The van der Waals surface area contributed by atoms with Crippen LogP contribution in [0.3, 0.4) is 0 Å². The Morgan fingerprint density at radius 2 is 2.12 bits per heavy atom. The Hall–Kier alpha value is -1.24. The van der Waals surface area contributed by atoms with Crippen LogP contribution in [-0.4, -0.2) is 29.2 Å². The number of piperidine rings is 2. The highest BCUT2D eigenvalue weighted by Crippen LogP contribution is 2.39. The van der Waals surface area contributed by atoms with Crippen LogP contribution in [0.2, 0.25) is 0 Å². The van der Waals surface area contributed by atoms with Crippen molar-refractivity contribution >= 4 is 6.09 Å². The predicted octanol–water partition coefficient (Wildman–Crippen LogP) is 2.55. The summed E-state index contributed by atoms with van der Waals surface area (Å²) in [6.45, 7) is 6.33. The summed E-state index contributed by atoms with van der Waals surface area (Å²) < 4.78 is 5.40. The Labute approximate surface area is 103 Å². The third-order valence-corrected chi connectivity index (χ3v) is 3.63. The van der Waals surface area contributed by atoms with Crippen molar-refractivity contribution in [3.8, 4) is 6.07 Å². The second-order valence-corrected chi connectivity index (χ2v) is 6.10. The van der Waals surface area contributed by atoms with Crippen LogP contribution in [0.25, 0.3) is 0 Å². The van der Waals surface area contributed by atoms with E-state index in [0.717, 1.165) is 19.3 Å². The average molecular weight is 236 g/mol. The molecule has 0 N–H and O–H groups in total. The van der Waals surface area contributed by atoms with Crippen molar-refractivity contribution in [1.82, 2.24) is 4.90 Å². The highest BCUT2D eigenvalue weighted by molar-refractivity contribution is 5.69. The van der Waals surface area contributed by atoms with Gasteiger partial charge in [0.1, 0.15) is 5.60 Å². The van der Waals surface area contributed by atoms with E-state index >= 15 is 0 Å². The maximum absolute atomic E-state index is 12.0. The van der Waals surface area contributed by atoms with E-state index in [1.807, 2.05) is 25.7 Å². The molecule has 0 aromatic carbocycles. The molecule has 0 spiro atoms. The van der Waals surface area contributed by atoms with E-state index in [-0.39, 0.29) is 18.1 Å². The zero-order chi connectivity index (χ0) is 12.6. The second-order valence-electron chi connectivity index (χ2n) is 6.10. The topological polar surface area (TPSA) is 53.3 Å². The molecule has 1 amide bonds. The molecule has 2 saturated heterocycles. The van der Waals surface area contributed by atoms with Crippen molar-refractivity contribution < 1.29 is 9.53 Å². The number of carbonyl (C=O) groups is 1. The number of rotatable bonds is 0. The van der Waals surface area contributed by atoms with Crippen molar-refractivity contribution in [3.05, 3.63) is 0 Å². The van der Waals surface area contributed by atoms with Gasteiger partial charge in [-0.1, -0.05) is 0 Å². The molecule has 0 radical (unpaired) electrons. The number of amides is 1. The number of nitriles is 1. The third-order valence-electron chi connectivity index (χ3n) is 3.63. The maximum Gasteiger partial charge on any atom is 0.410 e. The lowest BCUT2D eigenvalue weighted by Crippen LogP contribution is -2.55. The van der Waals surface area contributed by atoms with Gasteiger partial charge in [0.05, 0.1) is 12.0 Å². The minimum absolute atomic E-state index is 0.132. The normalized spacial score (nSPS) is 32.1. The largest absolute Gasteiger partial charge is 0.444 e. The van der Waals surface area contributed by atoms with E-state index < -0.39 is 5.60 Å². The fourth-order valence-corrected chi connectivity index (χ4v) is 2.82. The van der Waals surface area contributed by atoms with Gasteiger partial charge in [0, 0.05) is 12.6 Å². The van der Waals surface area contributed by atoms with E-state index in [0.29, 0.717) is 12.5 Å². The molecule has 2 bridgehead atoms. The van der Waals surface area contributed by atoms with Crippen LogP contribution in [0, 0.1) is 23.2 Å². The highest BCUT2D eigenvalue weighted by Gasteiger charge is 2.43. The Kier molecular flexibility index (Phi) is 3.03. The van der Waals surface area contributed by atoms with Crippen LogP contribution in [0.15, 0.2) is 0 Å². The molecular formula is C13H20N2O2. The van der Waals surface area contributed by atoms with Crippen molar-refractivity contribution in [2.75, 3.05) is 6.54 Å². The van der Waals surface area contributed by atoms with E-state index in [4.69, 9.17) is 10.00 Å². The fourth-order valence-electron chi connectivity index (χ4n) is 2.82. The van der Waals surface area contributed by atoms with Gasteiger partial charge in [-0.3, -0.25) is 0 Å². The smallest absolute Gasteiger partial charge is 0.410 e. The Morgan fingerprint density at radius 3 is 2.59 bits per heavy atom. The molecule has 3 aliphatic rings. The lowest BCUT2D eigenvalue weighted by molar-refractivity contribution is -0.0210. The van der Waals surface area contributed by atoms with E-state index in [1.165, 1.54) is 0 Å². The van der Waals surface area contributed by atoms with E-state index in [9.17, 15) is 4.79 Å². The Bertz CT molecular complexity index is 353. The van der Waals surface area contributed by atoms with Gasteiger partial charge in [-0.25, -0.2) is 4.79 Å². The van der Waals surface area contributed by atoms with Gasteiger partial charge < -0.3 is 9.64 Å². The molecule has 3 atom stereocenters. The third kappa shape index (κ3) is 2.54. The predicted molar refractivity (Wildman–Crippen MR) is 63.2 cm³/mol. The minimum atomic E-state index is -0.442. The van der Waals surface area contributed by atoms with Gasteiger partial charge in [0.2, 0.25) is 0 Å². The summed E-state index contributed by atoms with van der Waals surface area (Å²) in [7, 11) is 0. The standard InChI is InChI=1S/C13H20N2O2/c1-13(2,3)17-12(16)15-8-9-4-5-11(15)6-10(9)7-14/h9-11H,4-6,8H2,1-3H3/t9-,10?,11-/m0/s1. The zero-order valence-corrected chi connectivity index (χ0v) is 10.8. The van der Waals surface area contributed by atoms with Crippen LogP contribution in [-0.2, 0) is 4.74 Å². The summed E-state index contributed by atoms with van der Waals surface area (Å²) in [6.07, 6.45) is 2.69. The van der Waals surface area contributed by atoms with Crippen molar-refractivity contribution in [2.24, 2.45) is 11.8 Å². The maximum atomic E-state index is 12.0. The summed E-state index contributed by atoms with van der Waals surface area (Å²) in [5, 5.41) is 9.04. The summed E-state index contributed by atoms with van der Waals surface area (Å²) >= 11 is 0. The Morgan fingerprint density at radius 1 is 1.41 bits per heavy atom. The number of hydrogen-bond acceptors (Lipinski definition) is 3. The number of fused-ring (bicyclic) bond motifs is 3. The first-order chi connectivity index (χ1) is 7.90. The first-order valence-corrected chi connectivity index (χ1v) is 6.30. The quantitative estimate of drug-likeness (QED) is 0.649. The summed E-state index contributed by atoms with van der Waals surface area (Å²) in [5.41, 5.74) is -0.442. The fraction of sp³-hybridized carbons (Fsp3) is 0.846. The van der Waals surface area contributed by atoms with E-state index in [2.05, 4.69) is 6.07 Å². The molecule has 3 fully saturated rings. The second kappa shape index (κ2) is 4.21. The first kappa shape index (κ1) is 12.2. The molecule has 2 heterocycles. The van der Waals surface area contributed by atoms with Crippen LogP contribution in [0.5, 0.6) is 0 Å². The average Bonchev–Trinajstić information content (AvgIpc) is 2.27. The van der Waals surface area contributed by atoms with Gasteiger partial charge in [-0.2, -0.15) is 5.26 Å². The van der Waals surface area contributed by atoms with Crippen LogP contribution in [0.1, 0.15) is 40.0 Å². The lowest BCUT2D eigenvalue weighted by atomic mass is 9.73. The van der Waals surface area contributed by atoms with Crippen molar-refractivity contribution in [3.63, 3.8) is 0 Å². The van der Waals surface area contributed by atoms with Crippen molar-refractivity contribution in [2.45, 2.75) is 51.7 Å². The monoisotopic (exact) mass is 236 g/mol. The number of ether oxygens (including phenoxy) is 1. The molecule has 4 heteroatoms. The molecule has 1 unspecified atom stereocenters. The summed E-state index contributed by atoms with van der Waals surface area (Å²) in [4.78, 5) is 13.8. The van der Waals surface area contributed by atoms with E-state index in [1.54, 1.807) is 0 Å². The molecule has 2 aliphatic heterocycles. The van der Waals surface area contributed by atoms with Gasteiger partial charge in [-0.15, -0.1) is 0 Å². The van der Waals surface area contributed by atoms with Crippen molar-refractivity contribution in [1.29, 1.82) is 5.26 Å². The lowest BCUT2D eigenvalue weighted by Gasteiger charge is -2.47. The number of nitrogens with zero attached hydrogens (tertiary/aromatic N) is 2. The van der Waals surface area contributed by atoms with Gasteiger partial charge in [-0.05, 0) is 46.0 Å². The van der Waals surface area contributed by atoms with Gasteiger partial charge in [0.25, 0.3) is 0 Å². The minimum Gasteiger partial charge on any atom is -0.444 e. The van der Waals surface area contributed by atoms with Crippen LogP contribution < -0.4 is 0 Å². The molecule has 1 saturated carbocycles. The molecule has 17 heavy (non-hydrogen) atoms. The van der Waals surface area contributed by atoms with Crippen LogP contribution in [0.4, 0.5) is 4.79 Å². The molecular weight excluding hydrogens is 216 g/mol. The Balaban J connectivity index is 2.01. The molecule has 0 aromatic rings. The van der Waals surface area contributed by atoms with Crippen LogP contribution >= 0.6 is 0 Å². The number of carbonyl (C=O) groups excluding carboxylic acids is 1. The first-order valence-electron chi connectivity index (χ1n) is 6.30. The molecule has 3 rings (SSSR count). The molecule has 94 valence electrons.